The zero-order valence-electron chi connectivity index (χ0n) is 12.3. The van der Waals surface area contributed by atoms with Crippen LogP contribution in [-0.4, -0.2) is 50.2 Å². The molecule has 0 bridgehead atoms. The summed E-state index contributed by atoms with van der Waals surface area (Å²) in [5, 5.41) is 7.66. The van der Waals surface area contributed by atoms with E-state index in [1.165, 1.54) is 6.42 Å². The standard InChI is InChI=1S/C14H24N4O2/c1-17(6-7-20-2)13-8-14(19)18(16-10-13)11-12-4-3-5-15-9-12/h8,10,12,15H,3-7,9,11H2,1-2H3. The Bertz CT molecular complexity index is 468. The van der Waals surface area contributed by atoms with Gasteiger partial charge in [-0.15, -0.1) is 0 Å². The molecule has 0 aromatic carbocycles. The van der Waals surface area contributed by atoms with Crippen molar-refractivity contribution in [1.82, 2.24) is 15.1 Å². The van der Waals surface area contributed by atoms with Crippen LogP contribution >= 0.6 is 0 Å². The van der Waals surface area contributed by atoms with Gasteiger partial charge in [-0.25, -0.2) is 4.68 Å². The summed E-state index contributed by atoms with van der Waals surface area (Å²) in [7, 11) is 3.60. The first-order chi connectivity index (χ1) is 9.70. The Morgan fingerprint density at radius 3 is 3.10 bits per heavy atom. The van der Waals surface area contributed by atoms with Crippen LogP contribution in [0.25, 0.3) is 0 Å². The summed E-state index contributed by atoms with van der Waals surface area (Å²) in [5.41, 5.74) is 0.808. The van der Waals surface area contributed by atoms with Gasteiger partial charge in [-0.2, -0.15) is 5.10 Å². The number of nitrogens with one attached hydrogen (secondary N) is 1. The molecule has 0 saturated carbocycles. The molecule has 20 heavy (non-hydrogen) atoms. The van der Waals surface area contributed by atoms with Crippen LogP contribution in [0.1, 0.15) is 12.8 Å². The second-order valence-corrected chi connectivity index (χ2v) is 5.36. The smallest absolute Gasteiger partial charge is 0.268 e. The van der Waals surface area contributed by atoms with Crippen molar-refractivity contribution in [2.24, 2.45) is 5.92 Å². The lowest BCUT2D eigenvalue weighted by atomic mass is 10.00. The molecule has 1 unspecified atom stereocenters. The second kappa shape index (κ2) is 7.40. The van der Waals surface area contributed by atoms with Crippen LogP contribution in [0, 0.1) is 5.92 Å². The third-order valence-electron chi connectivity index (χ3n) is 3.76. The highest BCUT2D eigenvalue weighted by Gasteiger charge is 2.15. The van der Waals surface area contributed by atoms with E-state index in [1.807, 2.05) is 11.9 Å². The van der Waals surface area contributed by atoms with Crippen LogP contribution in [0.3, 0.4) is 0 Å². The summed E-state index contributed by atoms with van der Waals surface area (Å²) in [5.74, 6) is 0.506. The van der Waals surface area contributed by atoms with Gasteiger partial charge in [0.05, 0.1) is 18.5 Å². The maximum absolute atomic E-state index is 12.1. The lowest BCUT2D eigenvalue weighted by Gasteiger charge is -2.23. The van der Waals surface area contributed by atoms with E-state index in [-0.39, 0.29) is 5.56 Å². The van der Waals surface area contributed by atoms with Gasteiger partial charge in [0.25, 0.3) is 5.56 Å². The normalized spacial score (nSPS) is 19.0. The number of anilines is 1. The van der Waals surface area contributed by atoms with Gasteiger partial charge < -0.3 is 15.0 Å². The molecule has 6 nitrogen and oxygen atoms in total. The second-order valence-electron chi connectivity index (χ2n) is 5.36. The predicted molar refractivity (Wildman–Crippen MR) is 79.2 cm³/mol. The summed E-state index contributed by atoms with van der Waals surface area (Å²) in [6, 6.07) is 1.65. The first-order valence-corrected chi connectivity index (χ1v) is 7.18. The fraction of sp³-hybridized carbons (Fsp3) is 0.714. The van der Waals surface area contributed by atoms with E-state index in [4.69, 9.17) is 4.74 Å². The first kappa shape index (κ1) is 15.0. The Hall–Kier alpha value is -1.40. The van der Waals surface area contributed by atoms with E-state index >= 15 is 0 Å². The van der Waals surface area contributed by atoms with Crippen molar-refractivity contribution in [3.63, 3.8) is 0 Å². The fourth-order valence-electron chi connectivity index (χ4n) is 2.45. The van der Waals surface area contributed by atoms with Gasteiger partial charge in [-0.3, -0.25) is 4.79 Å². The molecule has 6 heteroatoms. The molecule has 1 atom stereocenters. The van der Waals surface area contributed by atoms with Gasteiger partial charge in [0.2, 0.25) is 0 Å². The molecular weight excluding hydrogens is 256 g/mol. The van der Waals surface area contributed by atoms with Gasteiger partial charge >= 0.3 is 0 Å². The molecule has 0 radical (unpaired) electrons. The quantitative estimate of drug-likeness (QED) is 0.813. The van der Waals surface area contributed by atoms with Gasteiger partial charge in [0, 0.05) is 33.3 Å². The average molecular weight is 280 g/mol. The van der Waals surface area contributed by atoms with Crippen molar-refractivity contribution in [2.75, 3.05) is 45.3 Å². The molecule has 1 aromatic heterocycles. The highest BCUT2D eigenvalue weighted by Crippen LogP contribution is 2.12. The fourth-order valence-corrected chi connectivity index (χ4v) is 2.45. The van der Waals surface area contributed by atoms with Crippen LogP contribution in [-0.2, 0) is 11.3 Å². The molecular formula is C14H24N4O2. The molecule has 112 valence electrons. The van der Waals surface area contributed by atoms with Gasteiger partial charge in [0.1, 0.15) is 0 Å². The van der Waals surface area contributed by atoms with Gasteiger partial charge in [-0.05, 0) is 31.8 Å². The lowest BCUT2D eigenvalue weighted by molar-refractivity contribution is 0.206. The minimum absolute atomic E-state index is 0.0302. The van der Waals surface area contributed by atoms with Crippen molar-refractivity contribution in [3.8, 4) is 0 Å². The van der Waals surface area contributed by atoms with Crippen LogP contribution in [0.5, 0.6) is 0 Å². The predicted octanol–water partition coefficient (Wildman–Crippen LogP) is 0.326. The minimum atomic E-state index is -0.0302. The molecule has 2 rings (SSSR count). The molecule has 1 aliphatic rings. The Morgan fingerprint density at radius 1 is 1.60 bits per heavy atom. The summed E-state index contributed by atoms with van der Waals surface area (Å²) >= 11 is 0. The maximum atomic E-state index is 12.1. The molecule has 1 N–H and O–H groups in total. The topological polar surface area (TPSA) is 59.4 Å². The molecule has 1 saturated heterocycles. The highest BCUT2D eigenvalue weighted by atomic mass is 16.5. The summed E-state index contributed by atoms with van der Waals surface area (Å²) < 4.78 is 6.61. The van der Waals surface area contributed by atoms with Crippen molar-refractivity contribution >= 4 is 5.69 Å². The van der Waals surface area contributed by atoms with Gasteiger partial charge in [-0.1, -0.05) is 0 Å². The molecule has 0 aliphatic carbocycles. The number of piperidine rings is 1. The van der Waals surface area contributed by atoms with Crippen molar-refractivity contribution in [1.29, 1.82) is 0 Å². The average Bonchev–Trinajstić information content (AvgIpc) is 2.48. The Balaban J connectivity index is 1.99. The number of nitrogens with zero attached hydrogens (tertiary/aromatic N) is 3. The Kier molecular flexibility index (Phi) is 5.55. The molecule has 0 amide bonds. The number of hydrogen-bond acceptors (Lipinski definition) is 5. The van der Waals surface area contributed by atoms with Gasteiger partial charge in [0.15, 0.2) is 0 Å². The van der Waals surface area contributed by atoms with Crippen molar-refractivity contribution < 1.29 is 4.74 Å². The molecule has 1 aliphatic heterocycles. The summed E-state index contributed by atoms with van der Waals surface area (Å²) in [6.07, 6.45) is 4.10. The summed E-state index contributed by atoms with van der Waals surface area (Å²) in [6.45, 7) is 4.14. The van der Waals surface area contributed by atoms with E-state index in [0.29, 0.717) is 19.1 Å². The molecule has 2 heterocycles. The third-order valence-corrected chi connectivity index (χ3v) is 3.76. The van der Waals surface area contributed by atoms with Crippen LogP contribution in [0.15, 0.2) is 17.1 Å². The first-order valence-electron chi connectivity index (χ1n) is 7.18. The number of ether oxygens (including phenoxy) is 1. The molecule has 0 spiro atoms. The summed E-state index contributed by atoms with van der Waals surface area (Å²) in [4.78, 5) is 14.1. The number of rotatable bonds is 6. The number of aromatic nitrogens is 2. The highest BCUT2D eigenvalue weighted by molar-refractivity contribution is 5.41. The lowest BCUT2D eigenvalue weighted by Crippen LogP contribution is -2.35. The third kappa shape index (κ3) is 4.05. The number of methoxy groups -OCH3 is 1. The van der Waals surface area contributed by atoms with Crippen LogP contribution < -0.4 is 15.8 Å². The monoisotopic (exact) mass is 280 g/mol. The van der Waals surface area contributed by atoms with E-state index in [1.54, 1.807) is 24.1 Å². The largest absolute Gasteiger partial charge is 0.383 e. The number of likely N-dealkylation sites (N-methyl/N-ethyl adjacent to an activating group) is 1. The van der Waals surface area contributed by atoms with Crippen molar-refractivity contribution in [2.45, 2.75) is 19.4 Å². The maximum Gasteiger partial charge on any atom is 0.268 e. The molecule has 1 aromatic rings. The SMILES string of the molecule is COCCN(C)c1cnn(CC2CCCNC2)c(=O)c1. The Labute approximate surface area is 119 Å². The van der Waals surface area contributed by atoms with Crippen LogP contribution in [0.2, 0.25) is 0 Å². The van der Waals surface area contributed by atoms with E-state index < -0.39 is 0 Å². The van der Waals surface area contributed by atoms with Crippen molar-refractivity contribution in [3.05, 3.63) is 22.6 Å². The number of hydrogen-bond donors (Lipinski definition) is 1. The van der Waals surface area contributed by atoms with Crippen LogP contribution in [0.4, 0.5) is 5.69 Å². The zero-order chi connectivity index (χ0) is 14.4. The Morgan fingerprint density at radius 2 is 2.45 bits per heavy atom. The van der Waals surface area contributed by atoms with E-state index in [2.05, 4.69) is 10.4 Å². The molecule has 1 fully saturated rings. The van der Waals surface area contributed by atoms with E-state index in [9.17, 15) is 4.79 Å². The zero-order valence-corrected chi connectivity index (χ0v) is 12.3. The van der Waals surface area contributed by atoms with E-state index in [0.717, 1.165) is 31.7 Å². The minimum Gasteiger partial charge on any atom is -0.383 e.